The fourth-order valence-electron chi connectivity index (χ4n) is 1.98. The number of ether oxygens (including phenoxy) is 2. The number of nitrogens with zero attached hydrogens (tertiary/aromatic N) is 2. The highest BCUT2D eigenvalue weighted by atomic mass is 32.1. The number of fused-ring (bicyclic) bond motifs is 1. The average Bonchev–Trinajstić information content (AvgIpc) is 2.92. The van der Waals surface area contributed by atoms with Crippen molar-refractivity contribution in [2.24, 2.45) is 0 Å². The van der Waals surface area contributed by atoms with Crippen LogP contribution in [0.4, 0.5) is 0 Å². The van der Waals surface area contributed by atoms with Crippen LogP contribution in [0.3, 0.4) is 0 Å². The number of thiazole rings is 1. The summed E-state index contributed by atoms with van der Waals surface area (Å²) in [6.07, 6.45) is 3.41. The van der Waals surface area contributed by atoms with Crippen molar-refractivity contribution in [3.63, 3.8) is 0 Å². The molecule has 0 unspecified atom stereocenters. The number of aryl methyl sites for hydroxylation is 1. The fraction of sp³-hybridized carbons (Fsp3) is 0.133. The molecule has 5 nitrogen and oxygen atoms in total. The molecule has 106 valence electrons. The molecule has 21 heavy (non-hydrogen) atoms. The van der Waals surface area contributed by atoms with E-state index in [2.05, 4.69) is 9.97 Å². The monoisotopic (exact) mass is 300 g/mol. The molecular weight excluding hydrogens is 288 g/mol. The number of methoxy groups -OCH3 is 1. The molecule has 0 amide bonds. The van der Waals surface area contributed by atoms with E-state index in [1.165, 1.54) is 18.4 Å². The zero-order valence-electron chi connectivity index (χ0n) is 11.5. The van der Waals surface area contributed by atoms with Gasteiger partial charge in [0.05, 0.1) is 18.3 Å². The minimum absolute atomic E-state index is 0.371. The molecule has 0 aliphatic carbocycles. The summed E-state index contributed by atoms with van der Waals surface area (Å²) in [7, 11) is 1.54. The van der Waals surface area contributed by atoms with Gasteiger partial charge in [-0.05, 0) is 30.5 Å². The van der Waals surface area contributed by atoms with Gasteiger partial charge in [-0.25, -0.2) is 9.78 Å². The first-order chi connectivity index (χ1) is 10.2. The summed E-state index contributed by atoms with van der Waals surface area (Å²) in [6.45, 7) is 1.77. The summed E-state index contributed by atoms with van der Waals surface area (Å²) in [6, 6.07) is 5.44. The van der Waals surface area contributed by atoms with E-state index in [0.29, 0.717) is 22.1 Å². The third-order valence-electron chi connectivity index (χ3n) is 3.06. The van der Waals surface area contributed by atoms with Crippen molar-refractivity contribution >= 4 is 28.1 Å². The molecule has 0 saturated heterocycles. The first-order valence-corrected chi connectivity index (χ1v) is 7.11. The maximum Gasteiger partial charge on any atom is 0.355 e. The summed E-state index contributed by atoms with van der Waals surface area (Å²) in [5, 5.41) is 1.85. The summed E-state index contributed by atoms with van der Waals surface area (Å²) < 4.78 is 10.7. The summed E-state index contributed by atoms with van der Waals surface area (Å²) >= 11 is 1.26. The predicted octanol–water partition coefficient (Wildman–Crippen LogP) is 3.23. The van der Waals surface area contributed by atoms with Crippen LogP contribution in [0.15, 0.2) is 36.1 Å². The molecule has 1 aromatic carbocycles. The molecule has 0 radical (unpaired) electrons. The Kier molecular flexibility index (Phi) is 3.53. The van der Waals surface area contributed by atoms with E-state index in [4.69, 9.17) is 9.47 Å². The van der Waals surface area contributed by atoms with Crippen LogP contribution in [-0.4, -0.2) is 23.0 Å². The second kappa shape index (κ2) is 5.49. The quantitative estimate of drug-likeness (QED) is 0.549. The van der Waals surface area contributed by atoms with Crippen LogP contribution >= 0.6 is 11.3 Å². The molecule has 0 bridgehead atoms. The smallest absolute Gasteiger partial charge is 0.355 e. The van der Waals surface area contributed by atoms with Crippen LogP contribution in [-0.2, 0) is 0 Å². The second-order valence-corrected chi connectivity index (χ2v) is 5.24. The van der Waals surface area contributed by atoms with E-state index in [-0.39, 0.29) is 0 Å². The lowest BCUT2D eigenvalue weighted by molar-refractivity contribution is 0.0734. The Labute approximate surface area is 125 Å². The van der Waals surface area contributed by atoms with E-state index < -0.39 is 5.97 Å². The number of hydrogen-bond donors (Lipinski definition) is 0. The van der Waals surface area contributed by atoms with Gasteiger partial charge in [-0.15, -0.1) is 11.3 Å². The summed E-state index contributed by atoms with van der Waals surface area (Å²) in [5.74, 6) is 0.441. The van der Waals surface area contributed by atoms with Crippen LogP contribution in [0, 0.1) is 6.92 Å². The van der Waals surface area contributed by atoms with Crippen LogP contribution in [0.1, 0.15) is 15.4 Å². The van der Waals surface area contributed by atoms with Crippen LogP contribution in [0.5, 0.6) is 11.5 Å². The van der Waals surface area contributed by atoms with Crippen LogP contribution in [0.2, 0.25) is 0 Å². The summed E-state index contributed by atoms with van der Waals surface area (Å²) in [4.78, 5) is 20.8. The number of hydrogen-bond acceptors (Lipinski definition) is 6. The maximum absolute atomic E-state index is 12.2. The van der Waals surface area contributed by atoms with Gasteiger partial charge >= 0.3 is 5.97 Å². The number of esters is 1. The van der Waals surface area contributed by atoms with Gasteiger partial charge in [-0.3, -0.25) is 4.98 Å². The fourth-order valence-corrected chi connectivity index (χ4v) is 2.65. The Morgan fingerprint density at radius 2 is 2.05 bits per heavy atom. The topological polar surface area (TPSA) is 61.3 Å². The first-order valence-electron chi connectivity index (χ1n) is 6.23. The largest absolute Gasteiger partial charge is 0.493 e. The molecule has 2 aromatic heterocycles. The van der Waals surface area contributed by atoms with Crippen LogP contribution < -0.4 is 9.47 Å². The first kappa shape index (κ1) is 13.5. The molecule has 2 heterocycles. The molecule has 0 aliphatic heterocycles. The maximum atomic E-state index is 12.2. The lowest BCUT2D eigenvalue weighted by Gasteiger charge is -2.10. The third-order valence-corrected chi connectivity index (χ3v) is 3.97. The average molecular weight is 300 g/mol. The number of benzene rings is 1. The van der Waals surface area contributed by atoms with Crippen molar-refractivity contribution in [1.82, 2.24) is 9.97 Å². The van der Waals surface area contributed by atoms with Gasteiger partial charge in [-0.1, -0.05) is 0 Å². The van der Waals surface area contributed by atoms with E-state index in [1.807, 2.05) is 12.1 Å². The van der Waals surface area contributed by atoms with Gasteiger partial charge in [0.25, 0.3) is 0 Å². The highest BCUT2D eigenvalue weighted by Gasteiger charge is 2.17. The second-order valence-electron chi connectivity index (χ2n) is 4.38. The van der Waals surface area contributed by atoms with Crippen molar-refractivity contribution in [2.75, 3.05) is 7.11 Å². The molecule has 0 spiro atoms. The minimum atomic E-state index is -0.434. The number of carbonyl (C=O) groups is 1. The number of pyridine rings is 1. The molecule has 3 rings (SSSR count). The Morgan fingerprint density at radius 3 is 2.76 bits per heavy atom. The molecule has 0 saturated carbocycles. The van der Waals surface area contributed by atoms with Gasteiger partial charge in [-0.2, -0.15) is 0 Å². The number of rotatable bonds is 3. The molecule has 6 heteroatoms. The van der Waals surface area contributed by atoms with Gasteiger partial charge in [0, 0.05) is 17.8 Å². The lowest BCUT2D eigenvalue weighted by atomic mass is 10.1. The molecule has 0 atom stereocenters. The number of carbonyl (C=O) groups excluding carboxylic acids is 1. The van der Waals surface area contributed by atoms with Crippen molar-refractivity contribution in [2.45, 2.75) is 6.92 Å². The van der Waals surface area contributed by atoms with Gasteiger partial charge in [0.15, 0.2) is 11.5 Å². The van der Waals surface area contributed by atoms with Crippen molar-refractivity contribution < 1.29 is 14.3 Å². The van der Waals surface area contributed by atoms with Gasteiger partial charge < -0.3 is 9.47 Å². The molecule has 0 aliphatic rings. The minimum Gasteiger partial charge on any atom is -0.493 e. The van der Waals surface area contributed by atoms with Crippen LogP contribution in [0.25, 0.3) is 10.8 Å². The Hall–Kier alpha value is -2.47. The lowest BCUT2D eigenvalue weighted by Crippen LogP contribution is -2.09. The van der Waals surface area contributed by atoms with Gasteiger partial charge in [0.1, 0.15) is 4.88 Å². The van der Waals surface area contributed by atoms with E-state index in [1.54, 1.807) is 30.9 Å². The molecule has 3 aromatic rings. The van der Waals surface area contributed by atoms with Gasteiger partial charge in [0.2, 0.25) is 0 Å². The molecular formula is C15H12N2O3S. The zero-order chi connectivity index (χ0) is 14.8. The molecule has 0 N–H and O–H groups in total. The summed E-state index contributed by atoms with van der Waals surface area (Å²) in [5.41, 5.74) is 2.28. The zero-order valence-corrected chi connectivity index (χ0v) is 12.3. The van der Waals surface area contributed by atoms with Crippen molar-refractivity contribution in [1.29, 1.82) is 0 Å². The van der Waals surface area contributed by atoms with Crippen molar-refractivity contribution in [3.8, 4) is 11.5 Å². The normalized spacial score (nSPS) is 10.6. The Balaban J connectivity index is 1.99. The number of aromatic nitrogens is 2. The standard InChI is InChI=1S/C15H12N2O3S/c1-9-14(21-8-17-9)15(18)20-13-6-11-7-16-4-3-10(11)5-12(13)19-2/h3-8H,1-2H3. The highest BCUT2D eigenvalue weighted by Crippen LogP contribution is 2.32. The van der Waals surface area contributed by atoms with E-state index >= 15 is 0 Å². The Bertz CT molecular complexity index is 814. The molecule has 0 fully saturated rings. The Morgan fingerprint density at radius 1 is 1.24 bits per heavy atom. The van der Waals surface area contributed by atoms with E-state index in [0.717, 1.165) is 10.8 Å². The SMILES string of the molecule is COc1cc2ccncc2cc1OC(=O)c1scnc1C. The predicted molar refractivity (Wildman–Crippen MR) is 80.1 cm³/mol. The van der Waals surface area contributed by atoms with Crippen molar-refractivity contribution in [3.05, 3.63) is 46.7 Å². The third kappa shape index (κ3) is 2.57. The van der Waals surface area contributed by atoms with E-state index in [9.17, 15) is 4.79 Å². The highest BCUT2D eigenvalue weighted by molar-refractivity contribution is 7.11.